The van der Waals surface area contributed by atoms with E-state index in [1.54, 1.807) is 24.3 Å². The van der Waals surface area contributed by atoms with Crippen LogP contribution in [0.15, 0.2) is 29.2 Å². The van der Waals surface area contributed by atoms with Crippen LogP contribution in [0.1, 0.15) is 31.7 Å². The Morgan fingerprint density at radius 3 is 2.85 bits per heavy atom. The van der Waals surface area contributed by atoms with E-state index >= 15 is 0 Å². The highest BCUT2D eigenvalue weighted by Gasteiger charge is 2.39. The minimum atomic E-state index is -3.50. The quantitative estimate of drug-likeness (QED) is 0.807. The molecule has 1 saturated carbocycles. The number of hydrogen-bond acceptors (Lipinski definition) is 3. The molecular weight excluding hydrogens is 272 g/mol. The van der Waals surface area contributed by atoms with E-state index in [0.717, 1.165) is 19.3 Å². The third kappa shape index (κ3) is 3.60. The molecule has 2 unspecified atom stereocenters. The van der Waals surface area contributed by atoms with Crippen LogP contribution in [-0.4, -0.2) is 21.0 Å². The number of nitrogens with two attached hydrogens (primary N) is 1. The van der Waals surface area contributed by atoms with Gasteiger partial charge in [0.05, 0.1) is 11.4 Å². The normalized spacial score (nSPS) is 21.1. The smallest absolute Gasteiger partial charge is 0.242 e. The van der Waals surface area contributed by atoms with E-state index < -0.39 is 10.0 Å². The molecule has 1 fully saturated rings. The van der Waals surface area contributed by atoms with E-state index in [1.165, 1.54) is 0 Å². The molecule has 0 aliphatic heterocycles. The van der Waals surface area contributed by atoms with Gasteiger partial charge in [-0.25, -0.2) is 13.1 Å². The van der Waals surface area contributed by atoms with E-state index in [2.05, 4.69) is 23.5 Å². The Bertz CT molecular complexity index is 629. The summed E-state index contributed by atoms with van der Waals surface area (Å²) in [5.41, 5.74) is 5.84. The molecule has 1 aliphatic carbocycles. The van der Waals surface area contributed by atoms with Crippen LogP contribution in [0.3, 0.4) is 0 Å². The van der Waals surface area contributed by atoms with Crippen LogP contribution in [0.4, 0.5) is 0 Å². The molecule has 0 radical (unpaired) electrons. The molecule has 2 atom stereocenters. The fourth-order valence-corrected chi connectivity index (χ4v) is 3.78. The first-order valence-electron chi connectivity index (χ1n) is 6.88. The van der Waals surface area contributed by atoms with Gasteiger partial charge in [-0.1, -0.05) is 37.3 Å². The summed E-state index contributed by atoms with van der Waals surface area (Å²) in [4.78, 5) is 0.239. The number of nitrogens with one attached hydrogen (secondary N) is 1. The first kappa shape index (κ1) is 15.0. The monoisotopic (exact) mass is 292 g/mol. The van der Waals surface area contributed by atoms with E-state index in [9.17, 15) is 8.42 Å². The van der Waals surface area contributed by atoms with Crippen LogP contribution in [0.5, 0.6) is 0 Å². The van der Waals surface area contributed by atoms with Crippen LogP contribution in [0.25, 0.3) is 0 Å². The Labute approximate surface area is 120 Å². The summed E-state index contributed by atoms with van der Waals surface area (Å²) in [7, 11) is -3.50. The molecule has 0 heterocycles. The van der Waals surface area contributed by atoms with Crippen molar-refractivity contribution in [3.63, 3.8) is 0 Å². The van der Waals surface area contributed by atoms with Crippen molar-refractivity contribution in [2.24, 2.45) is 11.7 Å². The van der Waals surface area contributed by atoms with Crippen LogP contribution in [-0.2, 0) is 10.0 Å². The lowest BCUT2D eigenvalue weighted by molar-refractivity contribution is 0.573. The predicted molar refractivity (Wildman–Crippen MR) is 79.5 cm³/mol. The lowest BCUT2D eigenvalue weighted by Crippen LogP contribution is -2.27. The van der Waals surface area contributed by atoms with Crippen molar-refractivity contribution in [1.82, 2.24) is 4.72 Å². The van der Waals surface area contributed by atoms with Gasteiger partial charge in [0, 0.05) is 11.6 Å². The van der Waals surface area contributed by atoms with Gasteiger partial charge in [0.1, 0.15) is 0 Å². The summed E-state index contributed by atoms with van der Waals surface area (Å²) < 4.78 is 27.6. The van der Waals surface area contributed by atoms with E-state index in [-0.39, 0.29) is 17.5 Å². The van der Waals surface area contributed by atoms with Crippen LogP contribution >= 0.6 is 0 Å². The Balaban J connectivity index is 2.18. The van der Waals surface area contributed by atoms with Crippen molar-refractivity contribution in [2.45, 2.75) is 37.1 Å². The van der Waals surface area contributed by atoms with Crippen LogP contribution in [0, 0.1) is 17.8 Å². The fraction of sp³-hybridized carbons (Fsp3) is 0.467. The lowest BCUT2D eigenvalue weighted by Gasteiger charge is -2.08. The molecule has 0 saturated heterocycles. The lowest BCUT2D eigenvalue weighted by atomic mass is 10.2. The van der Waals surface area contributed by atoms with Gasteiger partial charge in [-0.15, -0.1) is 0 Å². The SMILES string of the molecule is CCCC1CC1NS(=O)(=O)c1ccccc1C#CCN. The van der Waals surface area contributed by atoms with Gasteiger partial charge in [-0.2, -0.15) is 0 Å². The highest BCUT2D eigenvalue weighted by Crippen LogP contribution is 2.35. The molecule has 0 spiro atoms. The van der Waals surface area contributed by atoms with Crippen molar-refractivity contribution >= 4 is 10.0 Å². The largest absolute Gasteiger partial charge is 0.320 e. The first-order chi connectivity index (χ1) is 9.58. The first-order valence-corrected chi connectivity index (χ1v) is 8.37. The van der Waals surface area contributed by atoms with E-state index in [0.29, 0.717) is 11.5 Å². The molecule has 108 valence electrons. The maximum absolute atomic E-state index is 12.4. The van der Waals surface area contributed by atoms with Crippen LogP contribution < -0.4 is 10.5 Å². The van der Waals surface area contributed by atoms with Gasteiger partial charge in [-0.05, 0) is 30.9 Å². The van der Waals surface area contributed by atoms with Gasteiger partial charge in [-0.3, -0.25) is 0 Å². The number of hydrogen-bond donors (Lipinski definition) is 2. The molecule has 5 heteroatoms. The summed E-state index contributed by atoms with van der Waals surface area (Å²) in [6, 6.07) is 6.85. The maximum atomic E-state index is 12.4. The standard InChI is InChI=1S/C15H20N2O2S/c1-2-6-13-11-14(13)17-20(18,19)15-9-4-3-7-12(15)8-5-10-16/h3-4,7,9,13-14,17H,2,6,10-11,16H2,1H3. The summed E-state index contributed by atoms with van der Waals surface area (Å²) in [6.07, 6.45) is 3.09. The zero-order valence-corrected chi connectivity index (χ0v) is 12.4. The molecule has 2 rings (SSSR count). The second-order valence-corrected chi connectivity index (χ2v) is 6.70. The van der Waals surface area contributed by atoms with Gasteiger partial charge in [0.15, 0.2) is 0 Å². The molecule has 4 nitrogen and oxygen atoms in total. The Hall–Kier alpha value is -1.35. The molecule has 0 aromatic heterocycles. The molecule has 1 aromatic rings. The highest BCUT2D eigenvalue weighted by molar-refractivity contribution is 7.89. The summed E-state index contributed by atoms with van der Waals surface area (Å²) >= 11 is 0. The Morgan fingerprint density at radius 1 is 1.40 bits per heavy atom. The molecular formula is C15H20N2O2S. The van der Waals surface area contributed by atoms with E-state index in [4.69, 9.17) is 5.73 Å². The Morgan fingerprint density at radius 2 is 2.15 bits per heavy atom. The third-order valence-corrected chi connectivity index (χ3v) is 4.94. The second-order valence-electron chi connectivity index (χ2n) is 5.01. The summed E-state index contributed by atoms with van der Waals surface area (Å²) in [5.74, 6) is 6.00. The topological polar surface area (TPSA) is 72.2 Å². The average molecular weight is 292 g/mol. The van der Waals surface area contributed by atoms with Gasteiger partial charge in [0.25, 0.3) is 0 Å². The third-order valence-electron chi connectivity index (χ3n) is 3.39. The predicted octanol–water partition coefficient (Wildman–Crippen LogP) is 1.46. The maximum Gasteiger partial charge on any atom is 0.242 e. The minimum Gasteiger partial charge on any atom is -0.320 e. The van der Waals surface area contributed by atoms with Crippen molar-refractivity contribution < 1.29 is 8.42 Å². The van der Waals surface area contributed by atoms with Crippen LogP contribution in [0.2, 0.25) is 0 Å². The zero-order valence-electron chi connectivity index (χ0n) is 11.6. The molecule has 20 heavy (non-hydrogen) atoms. The molecule has 1 aromatic carbocycles. The minimum absolute atomic E-state index is 0.0791. The van der Waals surface area contributed by atoms with Gasteiger partial charge >= 0.3 is 0 Å². The Kier molecular flexibility index (Phi) is 4.81. The second kappa shape index (κ2) is 6.40. The van der Waals surface area contributed by atoms with Gasteiger partial charge < -0.3 is 5.73 Å². The average Bonchev–Trinajstić information content (AvgIpc) is 3.14. The summed E-state index contributed by atoms with van der Waals surface area (Å²) in [5, 5.41) is 0. The van der Waals surface area contributed by atoms with Crippen molar-refractivity contribution in [2.75, 3.05) is 6.54 Å². The molecule has 3 N–H and O–H groups in total. The fourth-order valence-electron chi connectivity index (χ4n) is 2.30. The molecule has 0 bridgehead atoms. The number of benzene rings is 1. The summed E-state index contributed by atoms with van der Waals surface area (Å²) in [6.45, 7) is 2.32. The van der Waals surface area contributed by atoms with E-state index in [1.807, 2.05) is 0 Å². The molecule has 1 aliphatic rings. The van der Waals surface area contributed by atoms with Crippen molar-refractivity contribution in [3.05, 3.63) is 29.8 Å². The number of rotatable bonds is 5. The zero-order chi connectivity index (χ0) is 14.6. The van der Waals surface area contributed by atoms with Crippen molar-refractivity contribution in [3.8, 4) is 11.8 Å². The van der Waals surface area contributed by atoms with Gasteiger partial charge in [0.2, 0.25) is 10.0 Å². The highest BCUT2D eigenvalue weighted by atomic mass is 32.2. The van der Waals surface area contributed by atoms with Crippen molar-refractivity contribution in [1.29, 1.82) is 0 Å². The molecule has 0 amide bonds. The number of sulfonamides is 1.